The van der Waals surface area contributed by atoms with Crippen LogP contribution in [0.1, 0.15) is 50.5 Å². The molecule has 1 saturated carbocycles. The van der Waals surface area contributed by atoms with E-state index in [0.29, 0.717) is 12.5 Å². The van der Waals surface area contributed by atoms with Gasteiger partial charge in [-0.2, -0.15) is 0 Å². The minimum Gasteiger partial charge on any atom is -0.389 e. The fourth-order valence-electron chi connectivity index (χ4n) is 3.90. The van der Waals surface area contributed by atoms with E-state index in [4.69, 9.17) is 4.74 Å². The van der Waals surface area contributed by atoms with Gasteiger partial charge in [0.15, 0.2) is 0 Å². The Hall–Kier alpha value is -1.39. The van der Waals surface area contributed by atoms with Crippen LogP contribution in [-0.2, 0) is 16.1 Å². The Balaban J connectivity index is 1.66. The maximum Gasteiger partial charge on any atom is 0.225 e. The molecule has 0 bridgehead atoms. The van der Waals surface area contributed by atoms with Crippen LogP contribution in [0.5, 0.6) is 0 Å². The number of amides is 1. The Morgan fingerprint density at radius 2 is 1.83 bits per heavy atom. The molecule has 1 aromatic rings. The Morgan fingerprint density at radius 3 is 2.50 bits per heavy atom. The molecule has 2 fully saturated rings. The third-order valence-electron chi connectivity index (χ3n) is 5.40. The number of carbonyl (C=O) groups excluding carboxylic acids is 1. The standard InChI is InChI=1S/C20H29NO3/c22-19(14-20(23)10-4-5-11-20)21(15-17-6-2-1-3-7-17)16-18-8-12-24-13-9-18/h1-3,6-7,18,23H,4-5,8-16H2. The summed E-state index contributed by atoms with van der Waals surface area (Å²) < 4.78 is 5.44. The monoisotopic (exact) mass is 331 g/mol. The fraction of sp³-hybridized carbons (Fsp3) is 0.650. The second kappa shape index (κ2) is 8.13. The van der Waals surface area contributed by atoms with Gasteiger partial charge in [-0.3, -0.25) is 4.79 Å². The van der Waals surface area contributed by atoms with Gasteiger partial charge in [0.25, 0.3) is 0 Å². The Labute approximate surface area is 144 Å². The van der Waals surface area contributed by atoms with Gasteiger partial charge < -0.3 is 14.7 Å². The highest BCUT2D eigenvalue weighted by atomic mass is 16.5. The first kappa shape index (κ1) is 17.4. The van der Waals surface area contributed by atoms with E-state index < -0.39 is 5.60 Å². The summed E-state index contributed by atoms with van der Waals surface area (Å²) in [5.74, 6) is 0.597. The highest BCUT2D eigenvalue weighted by Crippen LogP contribution is 2.33. The molecule has 0 unspecified atom stereocenters. The molecule has 24 heavy (non-hydrogen) atoms. The van der Waals surface area contributed by atoms with Crippen LogP contribution in [0, 0.1) is 5.92 Å². The van der Waals surface area contributed by atoms with E-state index in [-0.39, 0.29) is 12.3 Å². The molecule has 4 heteroatoms. The molecule has 0 spiro atoms. The van der Waals surface area contributed by atoms with Gasteiger partial charge in [0.2, 0.25) is 5.91 Å². The summed E-state index contributed by atoms with van der Waals surface area (Å²) in [5, 5.41) is 10.6. The first-order valence-electron chi connectivity index (χ1n) is 9.26. The van der Waals surface area contributed by atoms with Gasteiger partial charge in [0, 0.05) is 26.3 Å². The number of benzene rings is 1. The second-order valence-electron chi connectivity index (χ2n) is 7.42. The second-order valence-corrected chi connectivity index (χ2v) is 7.42. The minimum absolute atomic E-state index is 0.0924. The van der Waals surface area contributed by atoms with Crippen LogP contribution in [0.4, 0.5) is 0 Å². The molecule has 4 nitrogen and oxygen atoms in total. The molecule has 1 amide bonds. The maximum atomic E-state index is 12.9. The molecule has 1 aromatic carbocycles. The van der Waals surface area contributed by atoms with Crippen molar-refractivity contribution in [2.45, 2.75) is 57.1 Å². The lowest BCUT2D eigenvalue weighted by Gasteiger charge is -2.32. The van der Waals surface area contributed by atoms with Crippen LogP contribution in [0.3, 0.4) is 0 Å². The summed E-state index contributed by atoms with van der Waals surface area (Å²) in [5.41, 5.74) is 0.373. The molecule has 1 aliphatic carbocycles. The van der Waals surface area contributed by atoms with Crippen LogP contribution in [0.2, 0.25) is 0 Å². The molecule has 0 atom stereocenters. The average Bonchev–Trinajstić information content (AvgIpc) is 3.02. The molecule has 0 aromatic heterocycles. The van der Waals surface area contributed by atoms with Crippen molar-refractivity contribution in [3.63, 3.8) is 0 Å². The quantitative estimate of drug-likeness (QED) is 0.871. The van der Waals surface area contributed by atoms with Crippen molar-refractivity contribution in [2.75, 3.05) is 19.8 Å². The van der Waals surface area contributed by atoms with Crippen molar-refractivity contribution in [1.29, 1.82) is 0 Å². The molecule has 0 radical (unpaired) electrons. The first-order chi connectivity index (χ1) is 11.6. The van der Waals surface area contributed by atoms with Crippen LogP contribution >= 0.6 is 0 Å². The number of hydrogen-bond donors (Lipinski definition) is 1. The summed E-state index contributed by atoms with van der Waals surface area (Å²) in [6, 6.07) is 10.1. The smallest absolute Gasteiger partial charge is 0.225 e. The molecule has 3 rings (SSSR count). The number of nitrogens with zero attached hydrogens (tertiary/aromatic N) is 1. The first-order valence-corrected chi connectivity index (χ1v) is 9.26. The summed E-state index contributed by atoms with van der Waals surface area (Å²) in [6.07, 6.45) is 5.88. The van der Waals surface area contributed by atoms with Gasteiger partial charge in [-0.15, -0.1) is 0 Å². The third kappa shape index (κ3) is 4.81. The van der Waals surface area contributed by atoms with Gasteiger partial charge in [-0.05, 0) is 37.2 Å². The predicted octanol–water partition coefficient (Wildman–Crippen LogP) is 3.14. The van der Waals surface area contributed by atoms with Crippen LogP contribution < -0.4 is 0 Å². The predicted molar refractivity (Wildman–Crippen MR) is 93.4 cm³/mol. The zero-order valence-electron chi connectivity index (χ0n) is 14.5. The van der Waals surface area contributed by atoms with Crippen molar-refractivity contribution in [3.05, 3.63) is 35.9 Å². The maximum absolute atomic E-state index is 12.9. The molecule has 132 valence electrons. The summed E-state index contributed by atoms with van der Waals surface area (Å²) in [6.45, 7) is 2.99. The van der Waals surface area contributed by atoms with Crippen LogP contribution in [0.15, 0.2) is 30.3 Å². The van der Waals surface area contributed by atoms with E-state index in [0.717, 1.165) is 63.8 Å². The van der Waals surface area contributed by atoms with Crippen molar-refractivity contribution >= 4 is 5.91 Å². The normalized spacial score (nSPS) is 20.9. The largest absolute Gasteiger partial charge is 0.389 e. The van der Waals surface area contributed by atoms with E-state index in [9.17, 15) is 9.90 Å². The highest BCUT2D eigenvalue weighted by Gasteiger charge is 2.35. The van der Waals surface area contributed by atoms with Crippen LogP contribution in [0.25, 0.3) is 0 Å². The number of ether oxygens (including phenoxy) is 1. The van der Waals surface area contributed by atoms with E-state index >= 15 is 0 Å². The molecule has 1 aliphatic heterocycles. The van der Waals surface area contributed by atoms with Gasteiger partial charge in [-0.1, -0.05) is 43.2 Å². The molecular weight excluding hydrogens is 302 g/mol. The molecule has 1 saturated heterocycles. The number of aliphatic hydroxyl groups is 1. The number of carbonyl (C=O) groups is 1. The summed E-state index contributed by atoms with van der Waals surface area (Å²) >= 11 is 0. The lowest BCUT2D eigenvalue weighted by Crippen LogP contribution is -2.41. The van der Waals surface area contributed by atoms with Crippen molar-refractivity contribution < 1.29 is 14.6 Å². The Bertz CT molecular complexity index is 519. The van der Waals surface area contributed by atoms with Crippen molar-refractivity contribution in [3.8, 4) is 0 Å². The Kier molecular flexibility index (Phi) is 5.90. The topological polar surface area (TPSA) is 49.8 Å². The zero-order chi connectivity index (χ0) is 16.8. The SMILES string of the molecule is O=C(CC1(O)CCCC1)N(Cc1ccccc1)CC1CCOCC1. The van der Waals surface area contributed by atoms with Crippen LogP contribution in [-0.4, -0.2) is 41.3 Å². The van der Waals surface area contributed by atoms with E-state index in [1.54, 1.807) is 0 Å². The van der Waals surface area contributed by atoms with Crippen molar-refractivity contribution in [1.82, 2.24) is 4.90 Å². The number of rotatable bonds is 6. The van der Waals surface area contributed by atoms with Crippen molar-refractivity contribution in [2.24, 2.45) is 5.92 Å². The lowest BCUT2D eigenvalue weighted by atomic mass is 9.95. The summed E-state index contributed by atoms with van der Waals surface area (Å²) in [7, 11) is 0. The van der Waals surface area contributed by atoms with Gasteiger partial charge in [0.05, 0.1) is 12.0 Å². The molecular formula is C20H29NO3. The molecule has 1 N–H and O–H groups in total. The third-order valence-corrected chi connectivity index (χ3v) is 5.40. The summed E-state index contributed by atoms with van der Waals surface area (Å²) in [4.78, 5) is 14.9. The number of hydrogen-bond acceptors (Lipinski definition) is 3. The van der Waals surface area contributed by atoms with Gasteiger partial charge >= 0.3 is 0 Å². The molecule has 2 aliphatic rings. The van der Waals surface area contributed by atoms with E-state index in [1.165, 1.54) is 0 Å². The minimum atomic E-state index is -0.776. The van der Waals surface area contributed by atoms with Gasteiger partial charge in [0.1, 0.15) is 0 Å². The fourth-order valence-corrected chi connectivity index (χ4v) is 3.90. The highest BCUT2D eigenvalue weighted by molar-refractivity contribution is 5.77. The van der Waals surface area contributed by atoms with E-state index in [2.05, 4.69) is 12.1 Å². The van der Waals surface area contributed by atoms with Gasteiger partial charge in [-0.25, -0.2) is 0 Å². The zero-order valence-corrected chi connectivity index (χ0v) is 14.5. The van der Waals surface area contributed by atoms with E-state index in [1.807, 2.05) is 23.1 Å². The average molecular weight is 331 g/mol. The molecule has 1 heterocycles. The Morgan fingerprint density at radius 1 is 1.17 bits per heavy atom. The lowest BCUT2D eigenvalue weighted by molar-refractivity contribution is -0.138.